The number of anilines is 5. The van der Waals surface area contributed by atoms with Gasteiger partial charge in [-0.1, -0.05) is 0 Å². The second-order valence-corrected chi connectivity index (χ2v) is 13.7. The maximum absolute atomic E-state index is 13.3. The van der Waals surface area contributed by atoms with E-state index in [9.17, 15) is 43.5 Å². The Bertz CT molecular complexity index is 2530. The van der Waals surface area contributed by atoms with Crippen LogP contribution in [0.15, 0.2) is 109 Å². The van der Waals surface area contributed by atoms with Crippen molar-refractivity contribution in [2.75, 3.05) is 26.6 Å². The summed E-state index contributed by atoms with van der Waals surface area (Å²) in [5, 5.41) is 35.5. The van der Waals surface area contributed by atoms with Gasteiger partial charge in [0.05, 0.1) is 29.3 Å². The van der Waals surface area contributed by atoms with Gasteiger partial charge >= 0.3 is 12.0 Å². The molecule has 0 heterocycles. The number of phenolic OH excluding ortho intramolecular Hbond substituents is 1. The first-order chi connectivity index (χ1) is 29.5. The van der Waals surface area contributed by atoms with Crippen LogP contribution in [-0.2, 0) is 9.59 Å². The highest BCUT2D eigenvalue weighted by molar-refractivity contribution is 6.10. The zero-order valence-electron chi connectivity index (χ0n) is 33.0. The predicted octanol–water partition coefficient (Wildman–Crippen LogP) is 4.74. The molecule has 318 valence electrons. The lowest BCUT2D eigenvalue weighted by atomic mass is 10.1. The van der Waals surface area contributed by atoms with Crippen LogP contribution in [0.3, 0.4) is 0 Å². The summed E-state index contributed by atoms with van der Waals surface area (Å²) < 4.78 is 5.76. The lowest BCUT2D eigenvalue weighted by Crippen LogP contribution is -2.46. The molecule has 5 aromatic carbocycles. The highest BCUT2D eigenvalue weighted by Gasteiger charge is 2.25. The Labute approximate surface area is 352 Å². The molecule has 0 bridgehead atoms. The van der Waals surface area contributed by atoms with Crippen LogP contribution in [0.1, 0.15) is 72.1 Å². The lowest BCUT2D eigenvalue weighted by Gasteiger charge is -2.19. The average molecular weight is 845 g/mol. The van der Waals surface area contributed by atoms with E-state index in [0.29, 0.717) is 11.4 Å². The van der Waals surface area contributed by atoms with Crippen LogP contribution in [0, 0.1) is 0 Å². The van der Waals surface area contributed by atoms with Crippen molar-refractivity contribution in [2.45, 2.75) is 32.4 Å². The molecule has 0 fully saturated rings. The third kappa shape index (κ3) is 11.9. The summed E-state index contributed by atoms with van der Waals surface area (Å²) in [4.78, 5) is 99.4. The number of ether oxygens (including phenoxy) is 1. The van der Waals surface area contributed by atoms with Crippen LogP contribution < -0.4 is 48.1 Å². The van der Waals surface area contributed by atoms with Crippen LogP contribution in [0.4, 0.5) is 33.2 Å². The number of aromatic carboxylic acids is 1. The summed E-state index contributed by atoms with van der Waals surface area (Å²) in [5.74, 6) is -6.11. The lowest BCUT2D eigenvalue weighted by molar-refractivity contribution is -0.123. The fourth-order valence-corrected chi connectivity index (χ4v) is 5.64. The molecule has 5 rings (SSSR count). The van der Waals surface area contributed by atoms with E-state index in [0.717, 1.165) is 0 Å². The van der Waals surface area contributed by atoms with Crippen LogP contribution in [-0.4, -0.2) is 69.8 Å². The number of amides is 8. The predicted molar refractivity (Wildman–Crippen MR) is 227 cm³/mol. The number of carbonyl (C=O) groups excluding carboxylic acids is 7. The average Bonchev–Trinajstić information content (AvgIpc) is 3.22. The third-order valence-electron chi connectivity index (χ3n) is 8.63. The highest BCUT2D eigenvalue weighted by Crippen LogP contribution is 2.39. The van der Waals surface area contributed by atoms with Crippen LogP contribution in [0.25, 0.3) is 0 Å². The van der Waals surface area contributed by atoms with Gasteiger partial charge in [-0.15, -0.1) is 0 Å². The third-order valence-corrected chi connectivity index (χ3v) is 8.63. The Balaban J connectivity index is 1.20. The molecule has 0 aromatic heterocycles. The van der Waals surface area contributed by atoms with Crippen molar-refractivity contribution in [1.82, 2.24) is 5.32 Å². The van der Waals surface area contributed by atoms with E-state index in [2.05, 4.69) is 31.9 Å². The first-order valence-electron chi connectivity index (χ1n) is 18.5. The fourth-order valence-electron chi connectivity index (χ4n) is 5.64. The maximum Gasteiger partial charge on any atom is 0.335 e. The summed E-state index contributed by atoms with van der Waals surface area (Å²) >= 11 is 0. The van der Waals surface area contributed by atoms with E-state index < -0.39 is 71.8 Å². The molecule has 0 aliphatic heterocycles. The number of hydrogen-bond donors (Lipinski definition) is 10. The van der Waals surface area contributed by atoms with Gasteiger partial charge in [-0.05, 0) is 123 Å². The molecular formula is C43H40N8O11. The monoisotopic (exact) mass is 844 g/mol. The number of urea groups is 1. The molecule has 8 amide bonds. The zero-order valence-corrected chi connectivity index (χ0v) is 33.0. The van der Waals surface area contributed by atoms with Gasteiger partial charge in [0.2, 0.25) is 11.8 Å². The molecule has 0 spiro atoms. The number of carboxylic acids is 1. The molecule has 0 aliphatic carbocycles. The Morgan fingerprint density at radius 1 is 0.548 bits per heavy atom. The maximum atomic E-state index is 13.3. The molecule has 19 nitrogen and oxygen atoms in total. The molecule has 1 atom stereocenters. The minimum Gasteiger partial charge on any atom is -0.504 e. The fraction of sp³-hybridized carbons (Fsp3) is 0.116. The van der Waals surface area contributed by atoms with E-state index >= 15 is 0 Å². The van der Waals surface area contributed by atoms with Crippen molar-refractivity contribution in [1.29, 1.82) is 0 Å². The molecule has 0 aliphatic rings. The zero-order chi connectivity index (χ0) is 45.1. The van der Waals surface area contributed by atoms with Crippen molar-refractivity contribution in [3.63, 3.8) is 0 Å². The Morgan fingerprint density at radius 3 is 1.45 bits per heavy atom. The molecule has 5 aromatic rings. The van der Waals surface area contributed by atoms with E-state index in [1.165, 1.54) is 109 Å². The van der Waals surface area contributed by atoms with Gasteiger partial charge in [0.15, 0.2) is 11.5 Å². The summed E-state index contributed by atoms with van der Waals surface area (Å²) in [6, 6.07) is 23.1. The van der Waals surface area contributed by atoms with Crippen LogP contribution >= 0.6 is 0 Å². The molecular weight excluding hydrogens is 805 g/mol. The topological polar surface area (TPSA) is 310 Å². The van der Waals surface area contributed by atoms with Crippen LogP contribution in [0.5, 0.6) is 11.5 Å². The molecule has 62 heavy (non-hydrogen) atoms. The van der Waals surface area contributed by atoms with Gasteiger partial charge in [-0.3, -0.25) is 28.8 Å². The number of carboxylic acid groups (broad SMARTS) is 1. The summed E-state index contributed by atoms with van der Waals surface area (Å²) in [6.45, 7) is 3.35. The van der Waals surface area contributed by atoms with E-state index in [1.807, 2.05) is 0 Å². The van der Waals surface area contributed by atoms with Gasteiger partial charge < -0.3 is 58.3 Å². The Hall–Kier alpha value is -8.74. The smallest absolute Gasteiger partial charge is 0.335 e. The normalized spacial score (nSPS) is 11.0. The van der Waals surface area contributed by atoms with E-state index in [-0.39, 0.29) is 50.6 Å². The molecule has 0 radical (unpaired) electrons. The number of nitrogens with two attached hydrogens (primary N) is 2. The van der Waals surface area contributed by atoms with Gasteiger partial charge in [0.25, 0.3) is 23.6 Å². The van der Waals surface area contributed by atoms with E-state index in [1.54, 1.807) is 13.8 Å². The van der Waals surface area contributed by atoms with Crippen molar-refractivity contribution in [3.8, 4) is 11.5 Å². The van der Waals surface area contributed by atoms with Crippen molar-refractivity contribution in [2.24, 2.45) is 11.5 Å². The van der Waals surface area contributed by atoms with Gasteiger partial charge in [-0.25, -0.2) is 9.59 Å². The minimum absolute atomic E-state index is 0.0171. The molecule has 0 saturated heterocycles. The van der Waals surface area contributed by atoms with Gasteiger partial charge in [0, 0.05) is 39.4 Å². The first-order valence-corrected chi connectivity index (χ1v) is 18.5. The number of carbonyl (C=O) groups is 8. The number of benzene rings is 5. The highest BCUT2D eigenvalue weighted by atomic mass is 16.5. The number of phenols is 1. The number of aromatic hydroxyl groups is 1. The number of hydrogen-bond acceptors (Lipinski definition) is 10. The van der Waals surface area contributed by atoms with Crippen LogP contribution in [0.2, 0.25) is 0 Å². The molecule has 12 N–H and O–H groups in total. The van der Waals surface area contributed by atoms with Crippen molar-refractivity contribution < 1.29 is 53.3 Å². The van der Waals surface area contributed by atoms with Gasteiger partial charge in [0.1, 0.15) is 6.04 Å². The standard InChI is InChI=1S/C43H40N8O11/c1-22(2)62-36-32(20-19-31(35(36)53)40(57)47-28-17-9-26(10-18-28)42(59)60)50-38(55)24-5-13-29(14-6-24)48-41(58)33(21-34(44)52)51-39(56)25-3-11-27(12-4-25)46-37(54)23-7-15-30(16-8-23)49-43(45)61/h3-20,22,33,53H,21H2,1-2H3,(H2,44,52)(H,46,54)(H,47,57)(H,48,58)(H,50,55)(H,51,56)(H,59,60)(H3,45,49,61). The molecule has 19 heteroatoms. The summed E-state index contributed by atoms with van der Waals surface area (Å²) in [6.07, 6.45) is -1.04. The largest absolute Gasteiger partial charge is 0.504 e. The number of nitrogens with one attached hydrogen (secondary N) is 6. The number of rotatable bonds is 16. The van der Waals surface area contributed by atoms with E-state index in [4.69, 9.17) is 21.3 Å². The second-order valence-electron chi connectivity index (χ2n) is 13.7. The van der Waals surface area contributed by atoms with Crippen molar-refractivity contribution >= 4 is 75.9 Å². The molecule has 1 unspecified atom stereocenters. The number of primary amides is 2. The quantitative estimate of drug-likeness (QED) is 0.0647. The Morgan fingerprint density at radius 2 is 0.984 bits per heavy atom. The van der Waals surface area contributed by atoms with Crippen molar-refractivity contribution in [3.05, 3.63) is 137 Å². The Kier molecular flexibility index (Phi) is 14.2. The SMILES string of the molecule is CC(C)Oc1c(NC(=O)c2ccc(NC(=O)C(CC(N)=O)NC(=O)c3ccc(NC(=O)c4ccc(NC(N)=O)cc4)cc3)cc2)ccc(C(=O)Nc2ccc(C(=O)O)cc2)c1O. The molecule has 0 saturated carbocycles. The minimum atomic E-state index is -1.40. The summed E-state index contributed by atoms with van der Waals surface area (Å²) in [7, 11) is 0. The summed E-state index contributed by atoms with van der Waals surface area (Å²) in [5.41, 5.74) is 12.0. The van der Waals surface area contributed by atoms with Gasteiger partial charge in [-0.2, -0.15) is 0 Å². The second kappa shape index (κ2) is 19.8. The first kappa shape index (κ1) is 44.4.